The van der Waals surface area contributed by atoms with Crippen molar-refractivity contribution >= 4 is 11.9 Å². The van der Waals surface area contributed by atoms with Crippen LogP contribution in [-0.2, 0) is 25.7 Å². The molecule has 1 aromatic rings. The zero-order valence-corrected chi connectivity index (χ0v) is 12.4. The van der Waals surface area contributed by atoms with Gasteiger partial charge in [-0.2, -0.15) is 0 Å². The maximum atomic E-state index is 11.6. The van der Waals surface area contributed by atoms with Crippen molar-refractivity contribution in [3.8, 4) is 0 Å². The van der Waals surface area contributed by atoms with Crippen molar-refractivity contribution in [2.24, 2.45) is 0 Å². The van der Waals surface area contributed by atoms with Crippen LogP contribution < -0.4 is 5.32 Å². The second-order valence-corrected chi connectivity index (χ2v) is 4.68. The molecule has 1 rings (SSSR count). The van der Waals surface area contributed by atoms with Crippen LogP contribution in [-0.4, -0.2) is 31.6 Å². The van der Waals surface area contributed by atoms with E-state index < -0.39 is 12.0 Å². The van der Waals surface area contributed by atoms with Gasteiger partial charge in [0.15, 0.2) is 0 Å². The van der Waals surface area contributed by atoms with Gasteiger partial charge in [-0.25, -0.2) is 4.79 Å². The molecule has 0 saturated heterocycles. The fraction of sp³-hybridized carbons (Fsp3) is 0.467. The minimum atomic E-state index is -0.670. The number of aryl methyl sites for hydroxylation is 2. The number of methoxy groups -OCH3 is 1. The molecule has 0 aliphatic rings. The Labute approximate surface area is 119 Å². The van der Waals surface area contributed by atoms with E-state index in [0.717, 1.165) is 16.7 Å². The van der Waals surface area contributed by atoms with Crippen LogP contribution in [0.5, 0.6) is 0 Å². The summed E-state index contributed by atoms with van der Waals surface area (Å²) in [6.45, 7) is 5.86. The molecular weight excluding hydrogens is 258 g/mol. The van der Waals surface area contributed by atoms with E-state index >= 15 is 0 Å². The van der Waals surface area contributed by atoms with Crippen molar-refractivity contribution in [1.82, 2.24) is 5.32 Å². The monoisotopic (exact) mass is 279 g/mol. The summed E-state index contributed by atoms with van der Waals surface area (Å²) in [6.07, 6.45) is 0. The Bertz CT molecular complexity index is 465. The lowest BCUT2D eigenvalue weighted by atomic mass is 10.0. The van der Waals surface area contributed by atoms with Crippen molar-refractivity contribution in [1.29, 1.82) is 0 Å². The molecule has 0 aromatic heterocycles. The first kappa shape index (κ1) is 16.2. The van der Waals surface area contributed by atoms with Gasteiger partial charge in [0, 0.05) is 0 Å². The van der Waals surface area contributed by atoms with Crippen LogP contribution >= 0.6 is 0 Å². The number of rotatable bonds is 6. The normalized spacial score (nSPS) is 11.8. The second kappa shape index (κ2) is 7.65. The molecule has 0 heterocycles. The molecule has 20 heavy (non-hydrogen) atoms. The molecule has 1 aromatic carbocycles. The average molecular weight is 279 g/mol. The van der Waals surface area contributed by atoms with E-state index in [1.54, 1.807) is 6.92 Å². The van der Waals surface area contributed by atoms with Gasteiger partial charge in [-0.05, 0) is 37.5 Å². The minimum absolute atomic E-state index is 0.0882. The fourth-order valence-electron chi connectivity index (χ4n) is 1.84. The summed E-state index contributed by atoms with van der Waals surface area (Å²) < 4.78 is 9.92. The van der Waals surface area contributed by atoms with Gasteiger partial charge >= 0.3 is 5.97 Å². The number of carbonyl (C=O) groups excluding carboxylic acids is 2. The van der Waals surface area contributed by atoms with Crippen molar-refractivity contribution in [3.05, 3.63) is 34.9 Å². The highest BCUT2D eigenvalue weighted by molar-refractivity contribution is 5.84. The lowest BCUT2D eigenvalue weighted by Crippen LogP contribution is -2.40. The van der Waals surface area contributed by atoms with Gasteiger partial charge in [-0.1, -0.05) is 18.2 Å². The standard InChI is InChI=1S/C15H21NO4/c1-10-6-5-7-11(2)13(10)8-20-9-14(17)16-12(3)15(18)19-4/h5-7,12H,8-9H2,1-4H3,(H,16,17). The van der Waals surface area contributed by atoms with Gasteiger partial charge in [0.25, 0.3) is 0 Å². The van der Waals surface area contributed by atoms with E-state index in [2.05, 4.69) is 10.1 Å². The molecule has 0 bridgehead atoms. The summed E-state index contributed by atoms with van der Waals surface area (Å²) in [7, 11) is 1.28. The molecule has 1 amide bonds. The molecular formula is C15H21NO4. The van der Waals surface area contributed by atoms with Crippen molar-refractivity contribution in [2.75, 3.05) is 13.7 Å². The van der Waals surface area contributed by atoms with Crippen LogP contribution in [0.4, 0.5) is 0 Å². The Hall–Kier alpha value is -1.88. The third-order valence-electron chi connectivity index (χ3n) is 3.06. The van der Waals surface area contributed by atoms with Crippen LogP contribution in [0, 0.1) is 13.8 Å². The summed E-state index contributed by atoms with van der Waals surface area (Å²) in [4.78, 5) is 22.7. The summed E-state index contributed by atoms with van der Waals surface area (Å²) in [5, 5.41) is 2.51. The molecule has 5 nitrogen and oxygen atoms in total. The number of nitrogens with one attached hydrogen (secondary N) is 1. The average Bonchev–Trinajstić information content (AvgIpc) is 2.41. The number of esters is 1. The third-order valence-corrected chi connectivity index (χ3v) is 3.06. The molecule has 1 unspecified atom stereocenters. The van der Waals surface area contributed by atoms with Crippen LogP contribution in [0.1, 0.15) is 23.6 Å². The lowest BCUT2D eigenvalue weighted by molar-refractivity contribution is -0.145. The second-order valence-electron chi connectivity index (χ2n) is 4.68. The number of benzene rings is 1. The molecule has 0 radical (unpaired) electrons. The predicted octanol–water partition coefficient (Wildman–Crippen LogP) is 1.50. The molecule has 0 aliphatic carbocycles. The molecule has 0 saturated carbocycles. The van der Waals surface area contributed by atoms with Crippen molar-refractivity contribution in [3.63, 3.8) is 0 Å². The van der Waals surface area contributed by atoms with E-state index in [0.29, 0.717) is 6.61 Å². The lowest BCUT2D eigenvalue weighted by Gasteiger charge is -2.13. The molecule has 0 aliphatic heterocycles. The number of carbonyl (C=O) groups is 2. The van der Waals surface area contributed by atoms with Gasteiger partial charge in [0.2, 0.25) is 5.91 Å². The fourth-order valence-corrected chi connectivity index (χ4v) is 1.84. The Morgan fingerprint density at radius 3 is 2.40 bits per heavy atom. The summed E-state index contributed by atoms with van der Waals surface area (Å²) in [5.41, 5.74) is 3.35. The first-order chi connectivity index (χ1) is 9.45. The number of hydrogen-bond donors (Lipinski definition) is 1. The first-order valence-corrected chi connectivity index (χ1v) is 6.45. The van der Waals surface area contributed by atoms with Crippen LogP contribution in [0.15, 0.2) is 18.2 Å². The number of amides is 1. The van der Waals surface area contributed by atoms with Crippen LogP contribution in [0.3, 0.4) is 0 Å². The number of ether oxygens (including phenoxy) is 2. The van der Waals surface area contributed by atoms with Gasteiger partial charge < -0.3 is 14.8 Å². The third kappa shape index (κ3) is 4.66. The van der Waals surface area contributed by atoms with Gasteiger partial charge in [-0.3, -0.25) is 4.79 Å². The van der Waals surface area contributed by atoms with E-state index in [9.17, 15) is 9.59 Å². The highest BCUT2D eigenvalue weighted by atomic mass is 16.5. The first-order valence-electron chi connectivity index (χ1n) is 6.45. The molecule has 110 valence electrons. The predicted molar refractivity (Wildman–Crippen MR) is 75.2 cm³/mol. The maximum Gasteiger partial charge on any atom is 0.328 e. The maximum absolute atomic E-state index is 11.6. The molecule has 1 N–H and O–H groups in total. The van der Waals surface area contributed by atoms with Gasteiger partial charge in [0.1, 0.15) is 12.6 Å². The smallest absolute Gasteiger partial charge is 0.328 e. The number of hydrogen-bond acceptors (Lipinski definition) is 4. The van der Waals surface area contributed by atoms with E-state index in [1.165, 1.54) is 7.11 Å². The van der Waals surface area contributed by atoms with Crippen LogP contribution in [0.25, 0.3) is 0 Å². The van der Waals surface area contributed by atoms with Gasteiger partial charge in [0.05, 0.1) is 13.7 Å². The highest BCUT2D eigenvalue weighted by Crippen LogP contribution is 2.14. The molecule has 0 fully saturated rings. The van der Waals surface area contributed by atoms with E-state index in [4.69, 9.17) is 4.74 Å². The Kier molecular flexibility index (Phi) is 6.18. The topological polar surface area (TPSA) is 64.6 Å². The largest absolute Gasteiger partial charge is 0.467 e. The minimum Gasteiger partial charge on any atom is -0.467 e. The Balaban J connectivity index is 2.41. The summed E-state index contributed by atoms with van der Waals surface area (Å²) in [5.74, 6) is -0.817. The molecule has 1 atom stereocenters. The van der Waals surface area contributed by atoms with Crippen LogP contribution in [0.2, 0.25) is 0 Å². The van der Waals surface area contributed by atoms with Crippen molar-refractivity contribution in [2.45, 2.75) is 33.4 Å². The van der Waals surface area contributed by atoms with E-state index in [1.807, 2.05) is 32.0 Å². The van der Waals surface area contributed by atoms with E-state index in [-0.39, 0.29) is 12.5 Å². The van der Waals surface area contributed by atoms with Crippen molar-refractivity contribution < 1.29 is 19.1 Å². The zero-order chi connectivity index (χ0) is 15.1. The highest BCUT2D eigenvalue weighted by Gasteiger charge is 2.15. The summed E-state index contributed by atoms with van der Waals surface area (Å²) in [6, 6.07) is 5.33. The quantitative estimate of drug-likeness (QED) is 0.801. The Morgan fingerprint density at radius 2 is 1.85 bits per heavy atom. The summed E-state index contributed by atoms with van der Waals surface area (Å²) >= 11 is 0. The molecule has 0 spiro atoms. The zero-order valence-electron chi connectivity index (χ0n) is 12.4. The Morgan fingerprint density at radius 1 is 1.25 bits per heavy atom. The SMILES string of the molecule is COC(=O)C(C)NC(=O)COCc1c(C)cccc1C. The molecule has 5 heteroatoms. The van der Waals surface area contributed by atoms with Gasteiger partial charge in [-0.15, -0.1) is 0 Å².